The van der Waals surface area contributed by atoms with Gasteiger partial charge < -0.3 is 20.5 Å². The van der Waals surface area contributed by atoms with E-state index in [0.717, 1.165) is 17.7 Å². The van der Waals surface area contributed by atoms with E-state index in [1.165, 1.54) is 0 Å². The standard InChI is InChI=1S/C18H27N3O2.HI/c1-11-15(18(2,3)16(11)22-4)21-17(19)20-13-9-10-23-14-8-6-5-7-12(13)14;/h5-8,11,13,15-16H,9-10H2,1-4H3,(H3,19,20,21);1H. The predicted octanol–water partition coefficient (Wildman–Crippen LogP) is 3.09. The van der Waals surface area contributed by atoms with E-state index in [1.54, 1.807) is 7.11 Å². The summed E-state index contributed by atoms with van der Waals surface area (Å²) >= 11 is 0. The van der Waals surface area contributed by atoms with E-state index in [9.17, 15) is 0 Å². The van der Waals surface area contributed by atoms with Crippen LogP contribution in [0.5, 0.6) is 5.75 Å². The number of para-hydroxylation sites is 1. The fourth-order valence-electron chi connectivity index (χ4n) is 4.25. The Morgan fingerprint density at radius 2 is 2.08 bits per heavy atom. The molecule has 0 spiro atoms. The smallest absolute Gasteiger partial charge is 0.189 e. The third-order valence-corrected chi connectivity index (χ3v) is 5.32. The van der Waals surface area contributed by atoms with Gasteiger partial charge in [0.1, 0.15) is 5.75 Å². The van der Waals surface area contributed by atoms with Crippen LogP contribution in [0.15, 0.2) is 29.3 Å². The second-order valence-electron chi connectivity index (χ2n) is 7.16. The zero-order chi connectivity index (χ0) is 16.6. The number of rotatable bonds is 3. The summed E-state index contributed by atoms with van der Waals surface area (Å²) in [5, 5.41) is 3.41. The quantitative estimate of drug-likeness (QED) is 0.426. The second-order valence-corrected chi connectivity index (χ2v) is 7.16. The van der Waals surface area contributed by atoms with Crippen molar-refractivity contribution in [2.45, 2.75) is 45.4 Å². The topological polar surface area (TPSA) is 68.9 Å². The Balaban J connectivity index is 0.00000208. The minimum Gasteiger partial charge on any atom is -0.493 e. The van der Waals surface area contributed by atoms with Crippen molar-refractivity contribution in [3.05, 3.63) is 29.8 Å². The Morgan fingerprint density at radius 1 is 1.38 bits per heavy atom. The molecule has 0 bridgehead atoms. The van der Waals surface area contributed by atoms with Crippen LogP contribution in [0.2, 0.25) is 0 Å². The van der Waals surface area contributed by atoms with Crippen LogP contribution in [0.25, 0.3) is 0 Å². The van der Waals surface area contributed by atoms with E-state index in [2.05, 4.69) is 32.2 Å². The molecule has 1 aliphatic heterocycles. The van der Waals surface area contributed by atoms with Crippen molar-refractivity contribution >= 4 is 29.9 Å². The van der Waals surface area contributed by atoms with Crippen molar-refractivity contribution in [1.82, 2.24) is 5.32 Å². The maximum atomic E-state index is 6.20. The van der Waals surface area contributed by atoms with Crippen LogP contribution >= 0.6 is 24.0 Å². The summed E-state index contributed by atoms with van der Waals surface area (Å²) in [6.45, 7) is 7.27. The molecular weight excluding hydrogens is 417 g/mol. The van der Waals surface area contributed by atoms with E-state index in [1.807, 2.05) is 18.2 Å². The van der Waals surface area contributed by atoms with Gasteiger partial charge >= 0.3 is 0 Å². The summed E-state index contributed by atoms with van der Waals surface area (Å²) in [5.74, 6) is 1.83. The lowest BCUT2D eigenvalue weighted by molar-refractivity contribution is -0.139. The first-order valence-electron chi connectivity index (χ1n) is 8.29. The van der Waals surface area contributed by atoms with Gasteiger partial charge in [-0.15, -0.1) is 24.0 Å². The first-order valence-corrected chi connectivity index (χ1v) is 8.29. The Labute approximate surface area is 161 Å². The molecule has 1 aromatic rings. The molecule has 5 nitrogen and oxygen atoms in total. The maximum Gasteiger partial charge on any atom is 0.189 e. The number of fused-ring (bicyclic) bond motifs is 1. The van der Waals surface area contributed by atoms with Crippen LogP contribution in [0.4, 0.5) is 0 Å². The third kappa shape index (κ3) is 3.35. The number of hydrogen-bond acceptors (Lipinski definition) is 3. The highest BCUT2D eigenvalue weighted by Gasteiger charge is 2.54. The molecule has 3 rings (SSSR count). The van der Waals surface area contributed by atoms with Gasteiger partial charge in [0.2, 0.25) is 0 Å². The number of nitrogens with one attached hydrogen (secondary N) is 1. The Morgan fingerprint density at radius 3 is 2.75 bits per heavy atom. The zero-order valence-electron chi connectivity index (χ0n) is 14.8. The fourth-order valence-corrected chi connectivity index (χ4v) is 4.25. The molecule has 134 valence electrons. The molecule has 4 unspecified atom stereocenters. The average molecular weight is 445 g/mol. The summed E-state index contributed by atoms with van der Waals surface area (Å²) in [4.78, 5) is 4.71. The van der Waals surface area contributed by atoms with Gasteiger partial charge in [-0.2, -0.15) is 0 Å². The molecule has 2 aliphatic rings. The first kappa shape index (κ1) is 19.3. The molecule has 1 heterocycles. The van der Waals surface area contributed by atoms with Gasteiger partial charge in [0, 0.05) is 36.5 Å². The van der Waals surface area contributed by atoms with Gasteiger partial charge in [0.25, 0.3) is 0 Å². The summed E-state index contributed by atoms with van der Waals surface area (Å²) in [7, 11) is 1.77. The summed E-state index contributed by atoms with van der Waals surface area (Å²) in [6, 6.07) is 8.37. The number of halogens is 1. The number of aliphatic imine (C=N–C) groups is 1. The predicted molar refractivity (Wildman–Crippen MR) is 107 cm³/mol. The van der Waals surface area contributed by atoms with Crippen LogP contribution in [0.1, 0.15) is 38.8 Å². The number of benzene rings is 1. The van der Waals surface area contributed by atoms with Gasteiger partial charge in [-0.05, 0) is 6.07 Å². The Hall–Kier alpha value is -1.02. The lowest BCUT2D eigenvalue weighted by Crippen LogP contribution is -2.68. The van der Waals surface area contributed by atoms with Crippen molar-refractivity contribution in [3.8, 4) is 5.75 Å². The molecule has 1 fully saturated rings. The monoisotopic (exact) mass is 445 g/mol. The molecule has 0 radical (unpaired) electrons. The number of ether oxygens (including phenoxy) is 2. The third-order valence-electron chi connectivity index (χ3n) is 5.32. The number of nitrogens with zero attached hydrogens (tertiary/aromatic N) is 1. The minimum absolute atomic E-state index is 0. The molecule has 1 aromatic carbocycles. The van der Waals surface area contributed by atoms with Gasteiger partial charge in [-0.3, -0.25) is 0 Å². The van der Waals surface area contributed by atoms with Crippen molar-refractivity contribution in [1.29, 1.82) is 0 Å². The van der Waals surface area contributed by atoms with E-state index in [4.69, 9.17) is 20.2 Å². The molecular formula is C18H28IN3O2. The first-order chi connectivity index (χ1) is 10.9. The average Bonchev–Trinajstić information content (AvgIpc) is 2.53. The van der Waals surface area contributed by atoms with E-state index < -0.39 is 0 Å². The molecule has 1 saturated carbocycles. The number of nitrogens with two attached hydrogens (primary N) is 1. The van der Waals surface area contributed by atoms with Crippen molar-refractivity contribution in [2.24, 2.45) is 22.1 Å². The molecule has 24 heavy (non-hydrogen) atoms. The Kier molecular flexibility index (Phi) is 6.01. The van der Waals surface area contributed by atoms with Gasteiger partial charge in [0.05, 0.1) is 18.8 Å². The fraction of sp³-hybridized carbons (Fsp3) is 0.611. The molecule has 0 amide bonds. The number of guanidine groups is 1. The molecule has 0 saturated heterocycles. The lowest BCUT2D eigenvalue weighted by atomic mass is 9.58. The van der Waals surface area contributed by atoms with Crippen molar-refractivity contribution in [3.63, 3.8) is 0 Å². The molecule has 0 aromatic heterocycles. The summed E-state index contributed by atoms with van der Waals surface area (Å²) in [5.41, 5.74) is 7.35. The molecule has 4 atom stereocenters. The second kappa shape index (κ2) is 7.47. The highest BCUT2D eigenvalue weighted by Crippen LogP contribution is 2.46. The van der Waals surface area contributed by atoms with Gasteiger partial charge in [-0.1, -0.05) is 39.0 Å². The molecule has 6 heteroatoms. The van der Waals surface area contributed by atoms with E-state index in [0.29, 0.717) is 18.5 Å². The number of hydrogen-bond donors (Lipinski definition) is 2. The Bertz CT molecular complexity index is 606. The minimum atomic E-state index is 0. The SMILES string of the molecule is COC1C(C)C(NC(N)=NC2CCOc3ccccc32)C1(C)C.I. The van der Waals surface area contributed by atoms with Crippen LogP contribution < -0.4 is 15.8 Å². The number of methoxy groups -OCH3 is 1. The van der Waals surface area contributed by atoms with Crippen LogP contribution in [0.3, 0.4) is 0 Å². The highest BCUT2D eigenvalue weighted by atomic mass is 127. The van der Waals surface area contributed by atoms with Crippen molar-refractivity contribution < 1.29 is 9.47 Å². The van der Waals surface area contributed by atoms with Crippen LogP contribution in [0, 0.1) is 11.3 Å². The molecule has 1 aliphatic carbocycles. The highest BCUT2D eigenvalue weighted by molar-refractivity contribution is 14.0. The van der Waals surface area contributed by atoms with E-state index in [-0.39, 0.29) is 47.6 Å². The molecule has 3 N–H and O–H groups in total. The van der Waals surface area contributed by atoms with Crippen LogP contribution in [-0.2, 0) is 4.74 Å². The maximum absolute atomic E-state index is 6.20. The largest absolute Gasteiger partial charge is 0.493 e. The zero-order valence-corrected chi connectivity index (χ0v) is 17.1. The van der Waals surface area contributed by atoms with Gasteiger partial charge in [0.15, 0.2) is 5.96 Å². The van der Waals surface area contributed by atoms with Gasteiger partial charge in [-0.25, -0.2) is 4.99 Å². The lowest BCUT2D eigenvalue weighted by Gasteiger charge is -2.56. The van der Waals surface area contributed by atoms with Crippen molar-refractivity contribution in [2.75, 3.05) is 13.7 Å². The summed E-state index contributed by atoms with van der Waals surface area (Å²) < 4.78 is 11.3. The summed E-state index contributed by atoms with van der Waals surface area (Å²) in [6.07, 6.45) is 1.10. The normalized spacial score (nSPS) is 31.1. The van der Waals surface area contributed by atoms with E-state index >= 15 is 0 Å². The van der Waals surface area contributed by atoms with Crippen LogP contribution in [-0.4, -0.2) is 31.8 Å².